The standard InChI is InChI=1S/C20H27ClN6O3/c1-3-22-19(24-16-9-11-27(12-10-16)20(28)29-4-2)23-13-17-25-18(26-30-17)14-5-7-15(21)8-6-14/h5-8,16H,3-4,9-13H2,1-2H3,(H2,22,23,24). The number of hydrogen-bond acceptors (Lipinski definition) is 6. The quantitative estimate of drug-likeness (QED) is 0.531. The maximum absolute atomic E-state index is 11.8. The number of aliphatic imine (C=N–C) groups is 1. The molecule has 1 aromatic heterocycles. The molecule has 1 saturated heterocycles. The molecule has 3 rings (SSSR count). The van der Waals surface area contributed by atoms with Crippen LogP contribution in [0.3, 0.4) is 0 Å². The Kier molecular flexibility index (Phi) is 7.89. The number of hydrogen-bond donors (Lipinski definition) is 2. The first-order valence-electron chi connectivity index (χ1n) is 10.1. The van der Waals surface area contributed by atoms with Crippen molar-refractivity contribution in [1.29, 1.82) is 0 Å². The van der Waals surface area contributed by atoms with Crippen molar-refractivity contribution in [3.8, 4) is 11.4 Å². The van der Waals surface area contributed by atoms with E-state index in [1.54, 1.807) is 17.0 Å². The van der Waals surface area contributed by atoms with Gasteiger partial charge in [0, 0.05) is 36.3 Å². The van der Waals surface area contributed by atoms with Crippen LogP contribution in [0.4, 0.5) is 4.79 Å². The summed E-state index contributed by atoms with van der Waals surface area (Å²) in [6.07, 6.45) is 1.40. The highest BCUT2D eigenvalue weighted by Crippen LogP contribution is 2.19. The number of carbonyl (C=O) groups excluding carboxylic acids is 1. The predicted molar refractivity (Wildman–Crippen MR) is 114 cm³/mol. The Labute approximate surface area is 180 Å². The molecule has 0 atom stereocenters. The van der Waals surface area contributed by atoms with Gasteiger partial charge in [0.05, 0.1) is 6.61 Å². The van der Waals surface area contributed by atoms with Crippen LogP contribution in [0.2, 0.25) is 5.02 Å². The van der Waals surface area contributed by atoms with E-state index in [0.29, 0.717) is 42.4 Å². The van der Waals surface area contributed by atoms with Gasteiger partial charge in [-0.3, -0.25) is 0 Å². The van der Waals surface area contributed by atoms with E-state index in [4.69, 9.17) is 20.9 Å². The monoisotopic (exact) mass is 434 g/mol. The second-order valence-corrected chi connectivity index (χ2v) is 7.25. The molecule has 10 heteroatoms. The molecule has 0 bridgehead atoms. The van der Waals surface area contributed by atoms with Gasteiger partial charge in [0.2, 0.25) is 11.7 Å². The molecular formula is C20H27ClN6O3. The highest BCUT2D eigenvalue weighted by atomic mass is 35.5. The first-order chi connectivity index (χ1) is 14.6. The van der Waals surface area contributed by atoms with E-state index in [0.717, 1.165) is 24.9 Å². The Morgan fingerprint density at radius 2 is 2.03 bits per heavy atom. The molecule has 1 fully saturated rings. The highest BCUT2D eigenvalue weighted by Gasteiger charge is 2.24. The fraction of sp³-hybridized carbons (Fsp3) is 0.500. The summed E-state index contributed by atoms with van der Waals surface area (Å²) in [6, 6.07) is 7.47. The van der Waals surface area contributed by atoms with Gasteiger partial charge in [-0.25, -0.2) is 9.79 Å². The lowest BCUT2D eigenvalue weighted by Crippen LogP contribution is -2.49. The molecular weight excluding hydrogens is 408 g/mol. The van der Waals surface area contributed by atoms with E-state index in [1.165, 1.54) is 0 Å². The number of rotatable bonds is 6. The maximum Gasteiger partial charge on any atom is 0.409 e. The van der Waals surface area contributed by atoms with Crippen molar-refractivity contribution >= 4 is 23.7 Å². The van der Waals surface area contributed by atoms with Crippen LogP contribution < -0.4 is 10.6 Å². The summed E-state index contributed by atoms with van der Waals surface area (Å²) in [5, 5.41) is 11.3. The minimum absolute atomic E-state index is 0.223. The third kappa shape index (κ3) is 6.09. The van der Waals surface area contributed by atoms with Crippen molar-refractivity contribution in [2.24, 2.45) is 4.99 Å². The summed E-state index contributed by atoms with van der Waals surface area (Å²) in [7, 11) is 0. The summed E-state index contributed by atoms with van der Waals surface area (Å²) in [4.78, 5) is 22.5. The normalized spacial score (nSPS) is 15.2. The number of likely N-dealkylation sites (tertiary alicyclic amines) is 1. The fourth-order valence-corrected chi connectivity index (χ4v) is 3.24. The predicted octanol–water partition coefficient (Wildman–Crippen LogP) is 3.07. The van der Waals surface area contributed by atoms with E-state index < -0.39 is 0 Å². The average Bonchev–Trinajstić information content (AvgIpc) is 3.22. The minimum atomic E-state index is -0.246. The fourth-order valence-electron chi connectivity index (χ4n) is 3.12. The second kappa shape index (κ2) is 10.8. The van der Waals surface area contributed by atoms with Crippen molar-refractivity contribution in [2.75, 3.05) is 26.2 Å². The molecule has 1 aromatic carbocycles. The highest BCUT2D eigenvalue weighted by molar-refractivity contribution is 6.30. The Hall–Kier alpha value is -2.81. The van der Waals surface area contributed by atoms with Crippen LogP contribution in [0, 0.1) is 0 Å². The van der Waals surface area contributed by atoms with Gasteiger partial charge in [-0.2, -0.15) is 4.98 Å². The van der Waals surface area contributed by atoms with Crippen molar-refractivity contribution in [3.05, 3.63) is 35.2 Å². The lowest BCUT2D eigenvalue weighted by Gasteiger charge is -2.32. The zero-order valence-electron chi connectivity index (χ0n) is 17.2. The van der Waals surface area contributed by atoms with Crippen LogP contribution in [0.15, 0.2) is 33.8 Å². The second-order valence-electron chi connectivity index (χ2n) is 6.82. The molecule has 1 amide bonds. The van der Waals surface area contributed by atoms with Crippen molar-refractivity contribution < 1.29 is 14.1 Å². The average molecular weight is 435 g/mol. The Morgan fingerprint density at radius 3 is 2.70 bits per heavy atom. The van der Waals surface area contributed by atoms with Crippen LogP contribution >= 0.6 is 11.6 Å². The molecule has 162 valence electrons. The van der Waals surface area contributed by atoms with Crippen LogP contribution in [0.25, 0.3) is 11.4 Å². The molecule has 1 aliphatic rings. The number of nitrogens with one attached hydrogen (secondary N) is 2. The number of carbonyl (C=O) groups is 1. The third-order valence-corrected chi connectivity index (χ3v) is 4.90. The molecule has 0 aliphatic carbocycles. The number of ether oxygens (including phenoxy) is 1. The number of piperidine rings is 1. The van der Waals surface area contributed by atoms with Gasteiger partial charge in [0.1, 0.15) is 6.54 Å². The van der Waals surface area contributed by atoms with Gasteiger partial charge in [0.25, 0.3) is 0 Å². The minimum Gasteiger partial charge on any atom is -0.450 e. The molecule has 0 spiro atoms. The largest absolute Gasteiger partial charge is 0.450 e. The molecule has 0 saturated carbocycles. The number of guanidine groups is 1. The summed E-state index contributed by atoms with van der Waals surface area (Å²) in [6.45, 7) is 6.52. The number of amides is 1. The van der Waals surface area contributed by atoms with Crippen LogP contribution in [-0.4, -0.2) is 59.4 Å². The van der Waals surface area contributed by atoms with E-state index in [-0.39, 0.29) is 18.7 Å². The summed E-state index contributed by atoms with van der Waals surface area (Å²) in [5.74, 6) is 1.61. The van der Waals surface area contributed by atoms with Crippen molar-refractivity contribution in [3.63, 3.8) is 0 Å². The van der Waals surface area contributed by atoms with Gasteiger partial charge < -0.3 is 24.8 Å². The lowest BCUT2D eigenvalue weighted by atomic mass is 10.1. The smallest absolute Gasteiger partial charge is 0.409 e. The first kappa shape index (κ1) is 21.9. The molecule has 1 aliphatic heterocycles. The first-order valence-corrected chi connectivity index (χ1v) is 10.5. The number of halogens is 1. The maximum atomic E-state index is 11.8. The van der Waals surface area contributed by atoms with Crippen LogP contribution in [-0.2, 0) is 11.3 Å². The van der Waals surface area contributed by atoms with Gasteiger partial charge in [-0.15, -0.1) is 0 Å². The number of benzene rings is 1. The zero-order valence-corrected chi connectivity index (χ0v) is 18.0. The van der Waals surface area contributed by atoms with Crippen molar-refractivity contribution in [2.45, 2.75) is 39.3 Å². The molecule has 30 heavy (non-hydrogen) atoms. The molecule has 2 heterocycles. The topological polar surface area (TPSA) is 105 Å². The Bertz CT molecular complexity index is 846. The lowest BCUT2D eigenvalue weighted by molar-refractivity contribution is 0.0963. The van der Waals surface area contributed by atoms with E-state index in [1.807, 2.05) is 26.0 Å². The molecule has 0 unspecified atom stereocenters. The summed E-state index contributed by atoms with van der Waals surface area (Å²) in [5.41, 5.74) is 0.830. The SMILES string of the molecule is CCNC(=NCc1nc(-c2ccc(Cl)cc2)no1)NC1CCN(C(=O)OCC)CC1. The summed E-state index contributed by atoms with van der Waals surface area (Å²) < 4.78 is 10.4. The summed E-state index contributed by atoms with van der Waals surface area (Å²) >= 11 is 5.91. The van der Waals surface area contributed by atoms with Crippen LogP contribution in [0.5, 0.6) is 0 Å². The van der Waals surface area contributed by atoms with Crippen LogP contribution in [0.1, 0.15) is 32.6 Å². The van der Waals surface area contributed by atoms with Gasteiger partial charge >= 0.3 is 6.09 Å². The molecule has 0 radical (unpaired) electrons. The Morgan fingerprint density at radius 1 is 1.30 bits per heavy atom. The zero-order chi connectivity index (χ0) is 21.3. The van der Waals surface area contributed by atoms with Gasteiger partial charge in [-0.1, -0.05) is 16.8 Å². The van der Waals surface area contributed by atoms with E-state index in [2.05, 4.69) is 25.8 Å². The molecule has 2 aromatic rings. The van der Waals surface area contributed by atoms with Crippen molar-refractivity contribution in [1.82, 2.24) is 25.7 Å². The van der Waals surface area contributed by atoms with E-state index >= 15 is 0 Å². The Balaban J connectivity index is 1.55. The molecule has 9 nitrogen and oxygen atoms in total. The number of aromatic nitrogens is 2. The van der Waals surface area contributed by atoms with Gasteiger partial charge in [0.15, 0.2) is 5.96 Å². The molecule has 2 N–H and O–H groups in total. The van der Waals surface area contributed by atoms with Gasteiger partial charge in [-0.05, 0) is 51.0 Å². The number of nitrogens with zero attached hydrogens (tertiary/aromatic N) is 4. The third-order valence-electron chi connectivity index (χ3n) is 4.65. The van der Waals surface area contributed by atoms with E-state index in [9.17, 15) is 4.79 Å².